The molecule has 0 unspecified atom stereocenters. The van der Waals surface area contributed by atoms with E-state index in [0.717, 1.165) is 15.9 Å². The van der Waals surface area contributed by atoms with Crippen molar-refractivity contribution in [3.05, 3.63) is 28.0 Å². The predicted molar refractivity (Wildman–Crippen MR) is 60.1 cm³/mol. The van der Waals surface area contributed by atoms with Crippen molar-refractivity contribution in [2.24, 2.45) is 7.05 Å². The van der Waals surface area contributed by atoms with Crippen LogP contribution in [0, 0.1) is 6.92 Å². The number of nitrogens with one attached hydrogen (secondary N) is 1. The van der Waals surface area contributed by atoms with Crippen molar-refractivity contribution in [3.63, 3.8) is 0 Å². The average Bonchev–Trinajstić information content (AvgIpc) is 2.83. The Morgan fingerprint density at radius 1 is 1.62 bits per heavy atom. The maximum Gasteiger partial charge on any atom is 0.205 e. The Kier molecular flexibility index (Phi) is 2.86. The molecule has 0 atom stereocenters. The van der Waals surface area contributed by atoms with Gasteiger partial charge in [0.25, 0.3) is 0 Å². The molecule has 0 radical (unpaired) electrons. The first-order chi connectivity index (χ1) is 7.59. The molecule has 7 heteroatoms. The maximum atomic E-state index is 11.8. The van der Waals surface area contributed by atoms with Crippen molar-refractivity contribution in [2.75, 3.05) is 0 Å². The molecule has 6 nitrogen and oxygen atoms in total. The highest BCUT2D eigenvalue weighted by molar-refractivity contribution is 9.10. The summed E-state index contributed by atoms with van der Waals surface area (Å²) < 4.78 is 2.55. The molecular weight excluding hydrogens is 274 g/mol. The molecule has 0 aliphatic heterocycles. The third-order valence-electron chi connectivity index (χ3n) is 2.27. The molecule has 0 amide bonds. The number of halogens is 1. The van der Waals surface area contributed by atoms with Gasteiger partial charge in [-0.25, -0.2) is 4.98 Å². The number of aromatic amines is 1. The normalized spacial score (nSPS) is 10.7. The fourth-order valence-electron chi connectivity index (χ4n) is 1.45. The highest BCUT2D eigenvalue weighted by Crippen LogP contribution is 2.21. The van der Waals surface area contributed by atoms with Gasteiger partial charge in [-0.05, 0) is 22.9 Å². The van der Waals surface area contributed by atoms with Gasteiger partial charge < -0.3 is 0 Å². The minimum Gasteiger partial charge on any atom is -0.290 e. The number of Topliss-reactive ketones (excluding diaryl/α,β-unsaturated/α-hetero) is 1. The van der Waals surface area contributed by atoms with Gasteiger partial charge in [0.05, 0.1) is 22.3 Å². The minimum absolute atomic E-state index is 0.110. The Morgan fingerprint density at radius 3 is 2.88 bits per heavy atom. The summed E-state index contributed by atoms with van der Waals surface area (Å²) in [6, 6.07) is 0. The van der Waals surface area contributed by atoms with Gasteiger partial charge in [0.1, 0.15) is 6.33 Å². The van der Waals surface area contributed by atoms with Crippen LogP contribution >= 0.6 is 15.9 Å². The third kappa shape index (κ3) is 1.90. The summed E-state index contributed by atoms with van der Waals surface area (Å²) in [5, 5.41) is 10.4. The smallest absolute Gasteiger partial charge is 0.205 e. The molecule has 0 aliphatic carbocycles. The summed E-state index contributed by atoms with van der Waals surface area (Å²) in [7, 11) is 1.81. The number of hydrogen-bond acceptors (Lipinski definition) is 4. The van der Waals surface area contributed by atoms with Gasteiger partial charge in [0.2, 0.25) is 5.78 Å². The first-order valence-corrected chi connectivity index (χ1v) is 5.45. The molecule has 0 fully saturated rings. The molecule has 0 saturated heterocycles. The molecule has 2 aromatic rings. The first-order valence-electron chi connectivity index (χ1n) is 4.66. The lowest BCUT2D eigenvalue weighted by Gasteiger charge is -2.00. The molecule has 2 heterocycles. The van der Waals surface area contributed by atoms with Crippen molar-refractivity contribution >= 4 is 21.7 Å². The van der Waals surface area contributed by atoms with Crippen molar-refractivity contribution < 1.29 is 4.79 Å². The zero-order chi connectivity index (χ0) is 11.7. The second kappa shape index (κ2) is 4.17. The fraction of sp³-hybridized carbons (Fsp3) is 0.333. The standard InChI is InChI=1S/C9H10BrN5O/c1-5-8(10)6(15(2)14-5)3-7(16)9-11-4-12-13-9/h4H,3H2,1-2H3,(H,11,12,13). The molecule has 0 aliphatic rings. The number of carbonyl (C=O) groups is 1. The Labute approximate surface area is 100 Å². The Balaban J connectivity index is 2.25. The second-order valence-corrected chi connectivity index (χ2v) is 4.20. The van der Waals surface area contributed by atoms with Crippen LogP contribution in [0.25, 0.3) is 0 Å². The summed E-state index contributed by atoms with van der Waals surface area (Å²) in [5.41, 5.74) is 1.70. The number of carbonyl (C=O) groups excluding carboxylic acids is 1. The number of aromatic nitrogens is 5. The van der Waals surface area contributed by atoms with Crippen LogP contribution in [-0.4, -0.2) is 30.7 Å². The van der Waals surface area contributed by atoms with Gasteiger partial charge >= 0.3 is 0 Å². The van der Waals surface area contributed by atoms with E-state index in [9.17, 15) is 4.79 Å². The minimum atomic E-state index is -0.110. The fourth-order valence-corrected chi connectivity index (χ4v) is 1.92. The molecule has 2 aromatic heterocycles. The Morgan fingerprint density at radius 2 is 2.38 bits per heavy atom. The third-order valence-corrected chi connectivity index (χ3v) is 3.30. The van der Waals surface area contributed by atoms with E-state index in [0.29, 0.717) is 0 Å². The van der Waals surface area contributed by atoms with E-state index in [-0.39, 0.29) is 18.0 Å². The summed E-state index contributed by atoms with van der Waals surface area (Å²) in [6.45, 7) is 1.88. The van der Waals surface area contributed by atoms with E-state index in [4.69, 9.17) is 0 Å². The lowest BCUT2D eigenvalue weighted by molar-refractivity contribution is 0.0981. The van der Waals surface area contributed by atoms with E-state index < -0.39 is 0 Å². The van der Waals surface area contributed by atoms with Gasteiger partial charge in [0.15, 0.2) is 5.82 Å². The molecular formula is C9H10BrN5O. The quantitative estimate of drug-likeness (QED) is 0.854. The van der Waals surface area contributed by atoms with Crippen molar-refractivity contribution in [3.8, 4) is 0 Å². The van der Waals surface area contributed by atoms with E-state index in [1.807, 2.05) is 6.92 Å². The van der Waals surface area contributed by atoms with Gasteiger partial charge in [-0.2, -0.15) is 10.2 Å². The number of ketones is 1. The van der Waals surface area contributed by atoms with Gasteiger partial charge in [-0.3, -0.25) is 14.6 Å². The zero-order valence-corrected chi connectivity index (χ0v) is 10.4. The van der Waals surface area contributed by atoms with E-state index >= 15 is 0 Å². The SMILES string of the molecule is Cc1nn(C)c(CC(=O)c2ncn[nH]2)c1Br. The van der Waals surface area contributed by atoms with E-state index in [2.05, 4.69) is 36.2 Å². The molecule has 0 saturated carbocycles. The summed E-state index contributed by atoms with van der Waals surface area (Å²) >= 11 is 3.41. The molecule has 1 N–H and O–H groups in total. The molecule has 84 valence electrons. The van der Waals surface area contributed by atoms with Gasteiger partial charge in [-0.15, -0.1) is 0 Å². The number of hydrogen-bond donors (Lipinski definition) is 1. The average molecular weight is 284 g/mol. The summed E-state index contributed by atoms with van der Waals surface area (Å²) in [5.74, 6) is 0.159. The first kappa shape index (κ1) is 11.0. The molecule has 0 spiro atoms. The highest BCUT2D eigenvalue weighted by atomic mass is 79.9. The van der Waals surface area contributed by atoms with Crippen LogP contribution in [0.3, 0.4) is 0 Å². The molecule has 2 rings (SSSR count). The number of rotatable bonds is 3. The van der Waals surface area contributed by atoms with Crippen LogP contribution in [0.4, 0.5) is 0 Å². The lowest BCUT2D eigenvalue weighted by Crippen LogP contribution is -2.10. The van der Waals surface area contributed by atoms with Crippen molar-refractivity contribution in [2.45, 2.75) is 13.3 Å². The van der Waals surface area contributed by atoms with Crippen LogP contribution in [0.5, 0.6) is 0 Å². The van der Waals surface area contributed by atoms with Crippen LogP contribution in [-0.2, 0) is 13.5 Å². The van der Waals surface area contributed by atoms with Crippen LogP contribution < -0.4 is 0 Å². The summed E-state index contributed by atoms with van der Waals surface area (Å²) in [6.07, 6.45) is 1.56. The van der Waals surface area contributed by atoms with Crippen molar-refractivity contribution in [1.29, 1.82) is 0 Å². The zero-order valence-electron chi connectivity index (χ0n) is 8.86. The Bertz CT molecular complexity index is 516. The van der Waals surface area contributed by atoms with Gasteiger partial charge in [0, 0.05) is 7.05 Å². The second-order valence-electron chi connectivity index (χ2n) is 3.40. The molecule has 0 bridgehead atoms. The number of H-pyrrole nitrogens is 1. The van der Waals surface area contributed by atoms with E-state index in [1.165, 1.54) is 6.33 Å². The van der Waals surface area contributed by atoms with Crippen LogP contribution in [0.15, 0.2) is 10.8 Å². The van der Waals surface area contributed by atoms with Crippen LogP contribution in [0.2, 0.25) is 0 Å². The molecule has 16 heavy (non-hydrogen) atoms. The van der Waals surface area contributed by atoms with Gasteiger partial charge in [-0.1, -0.05) is 0 Å². The lowest BCUT2D eigenvalue weighted by atomic mass is 10.2. The monoisotopic (exact) mass is 283 g/mol. The van der Waals surface area contributed by atoms with Crippen LogP contribution in [0.1, 0.15) is 22.0 Å². The molecule has 0 aromatic carbocycles. The summed E-state index contributed by atoms with van der Waals surface area (Å²) in [4.78, 5) is 15.6. The highest BCUT2D eigenvalue weighted by Gasteiger charge is 2.17. The Hall–Kier alpha value is -1.50. The number of nitrogens with zero attached hydrogens (tertiary/aromatic N) is 4. The topological polar surface area (TPSA) is 76.5 Å². The van der Waals surface area contributed by atoms with Crippen molar-refractivity contribution in [1.82, 2.24) is 25.0 Å². The maximum absolute atomic E-state index is 11.8. The number of aryl methyl sites for hydroxylation is 2. The largest absolute Gasteiger partial charge is 0.290 e. The van der Waals surface area contributed by atoms with E-state index in [1.54, 1.807) is 11.7 Å². The predicted octanol–water partition coefficient (Wildman–Crippen LogP) is 1.03.